The minimum atomic E-state index is 0.779. The topological polar surface area (TPSA) is 28.7 Å². The SMILES string of the molecule is Cc1ccc2nc3[nH]c4ccccc4c3c(Cl)c2c1. The summed E-state index contributed by atoms with van der Waals surface area (Å²) < 4.78 is 0. The van der Waals surface area contributed by atoms with Crippen molar-refractivity contribution in [3.05, 3.63) is 53.1 Å². The summed E-state index contributed by atoms with van der Waals surface area (Å²) in [6.45, 7) is 2.06. The van der Waals surface area contributed by atoms with Gasteiger partial charge in [-0.15, -0.1) is 0 Å². The predicted molar refractivity (Wildman–Crippen MR) is 80.9 cm³/mol. The Morgan fingerprint density at radius 2 is 1.89 bits per heavy atom. The molecule has 3 heteroatoms. The highest BCUT2D eigenvalue weighted by atomic mass is 35.5. The maximum atomic E-state index is 6.61. The van der Waals surface area contributed by atoms with E-state index in [-0.39, 0.29) is 0 Å². The predicted octanol–water partition coefficient (Wildman–Crippen LogP) is 4.83. The number of nitrogens with one attached hydrogen (secondary N) is 1. The molecule has 0 atom stereocenters. The van der Waals surface area contributed by atoms with Crippen molar-refractivity contribution in [2.24, 2.45) is 0 Å². The molecule has 2 nitrogen and oxygen atoms in total. The number of aromatic amines is 1. The Hall–Kier alpha value is -2.06. The van der Waals surface area contributed by atoms with Crippen LogP contribution < -0.4 is 0 Å². The van der Waals surface area contributed by atoms with Crippen LogP contribution in [0.25, 0.3) is 32.8 Å². The van der Waals surface area contributed by atoms with Crippen molar-refractivity contribution in [2.75, 3.05) is 0 Å². The third-order valence-electron chi connectivity index (χ3n) is 3.53. The summed E-state index contributed by atoms with van der Waals surface area (Å²) in [5.74, 6) is 0. The van der Waals surface area contributed by atoms with Gasteiger partial charge < -0.3 is 4.98 Å². The van der Waals surface area contributed by atoms with E-state index >= 15 is 0 Å². The van der Waals surface area contributed by atoms with Crippen molar-refractivity contribution in [1.29, 1.82) is 0 Å². The van der Waals surface area contributed by atoms with E-state index in [1.54, 1.807) is 0 Å². The van der Waals surface area contributed by atoms with Gasteiger partial charge in [0.25, 0.3) is 0 Å². The number of fused-ring (bicyclic) bond motifs is 4. The van der Waals surface area contributed by atoms with Gasteiger partial charge in [0.15, 0.2) is 0 Å². The number of para-hydroxylation sites is 1. The van der Waals surface area contributed by atoms with Gasteiger partial charge in [0, 0.05) is 21.7 Å². The van der Waals surface area contributed by atoms with E-state index in [2.05, 4.69) is 35.1 Å². The summed E-state index contributed by atoms with van der Waals surface area (Å²) in [6.07, 6.45) is 0. The van der Waals surface area contributed by atoms with Crippen LogP contribution in [0.3, 0.4) is 0 Å². The molecule has 0 radical (unpaired) electrons. The molecule has 0 saturated heterocycles. The van der Waals surface area contributed by atoms with Crippen molar-refractivity contribution < 1.29 is 0 Å². The maximum Gasteiger partial charge on any atom is 0.140 e. The molecule has 2 aromatic carbocycles. The van der Waals surface area contributed by atoms with Crippen LogP contribution >= 0.6 is 11.6 Å². The van der Waals surface area contributed by atoms with Gasteiger partial charge in [0.05, 0.1) is 10.5 Å². The Kier molecular flexibility index (Phi) is 2.12. The van der Waals surface area contributed by atoms with Crippen molar-refractivity contribution in [1.82, 2.24) is 9.97 Å². The normalized spacial score (nSPS) is 11.7. The zero-order chi connectivity index (χ0) is 13.0. The van der Waals surface area contributed by atoms with Crippen LogP contribution in [-0.2, 0) is 0 Å². The summed E-state index contributed by atoms with van der Waals surface area (Å²) in [5.41, 5.74) is 4.03. The lowest BCUT2D eigenvalue weighted by atomic mass is 10.1. The lowest BCUT2D eigenvalue weighted by Gasteiger charge is -2.03. The van der Waals surface area contributed by atoms with Gasteiger partial charge in [-0.1, -0.05) is 41.4 Å². The third-order valence-corrected chi connectivity index (χ3v) is 3.92. The molecule has 0 saturated carbocycles. The minimum Gasteiger partial charge on any atom is -0.339 e. The van der Waals surface area contributed by atoms with Gasteiger partial charge >= 0.3 is 0 Å². The Labute approximate surface area is 115 Å². The fourth-order valence-corrected chi connectivity index (χ4v) is 2.95. The van der Waals surface area contributed by atoms with E-state index < -0.39 is 0 Å². The summed E-state index contributed by atoms with van der Waals surface area (Å²) in [4.78, 5) is 8.01. The van der Waals surface area contributed by atoms with E-state index in [1.807, 2.05) is 24.3 Å². The highest BCUT2D eigenvalue weighted by Gasteiger charge is 2.12. The number of pyridine rings is 1. The molecule has 2 heterocycles. The fraction of sp³-hybridized carbons (Fsp3) is 0.0625. The zero-order valence-electron chi connectivity index (χ0n) is 10.4. The first-order chi connectivity index (χ1) is 9.24. The number of H-pyrrole nitrogens is 1. The first-order valence-electron chi connectivity index (χ1n) is 6.20. The number of halogens is 1. The van der Waals surface area contributed by atoms with Crippen LogP contribution in [0.5, 0.6) is 0 Å². The molecule has 19 heavy (non-hydrogen) atoms. The Bertz CT molecular complexity index is 938. The smallest absolute Gasteiger partial charge is 0.140 e. The number of aryl methyl sites for hydroxylation is 1. The van der Waals surface area contributed by atoms with E-state index in [4.69, 9.17) is 11.6 Å². The average molecular weight is 267 g/mol. The Morgan fingerprint density at radius 1 is 1.05 bits per heavy atom. The van der Waals surface area contributed by atoms with Gasteiger partial charge in [-0.05, 0) is 25.1 Å². The second-order valence-electron chi connectivity index (χ2n) is 4.84. The van der Waals surface area contributed by atoms with Crippen LogP contribution in [0, 0.1) is 6.92 Å². The first-order valence-corrected chi connectivity index (χ1v) is 6.58. The molecule has 0 bridgehead atoms. The molecule has 0 amide bonds. The number of hydrogen-bond acceptors (Lipinski definition) is 1. The molecule has 0 spiro atoms. The first kappa shape index (κ1) is 10.8. The highest BCUT2D eigenvalue weighted by molar-refractivity contribution is 6.42. The molecular formula is C16H11ClN2. The molecule has 4 aromatic rings. The second kappa shape index (κ2) is 3.72. The Balaban J connectivity index is 2.31. The van der Waals surface area contributed by atoms with Crippen molar-refractivity contribution in [3.8, 4) is 0 Å². The highest BCUT2D eigenvalue weighted by Crippen LogP contribution is 2.35. The Morgan fingerprint density at radius 3 is 2.79 bits per heavy atom. The van der Waals surface area contributed by atoms with Crippen LogP contribution in [0.4, 0.5) is 0 Å². The van der Waals surface area contributed by atoms with Crippen molar-refractivity contribution in [3.63, 3.8) is 0 Å². The number of nitrogens with zero attached hydrogens (tertiary/aromatic N) is 1. The van der Waals surface area contributed by atoms with Crippen molar-refractivity contribution >= 4 is 44.4 Å². The minimum absolute atomic E-state index is 0.779. The number of rotatable bonds is 0. The van der Waals surface area contributed by atoms with Gasteiger partial charge in [-0.25, -0.2) is 4.98 Å². The molecular weight excluding hydrogens is 256 g/mol. The van der Waals surface area contributed by atoms with Gasteiger partial charge in [0.2, 0.25) is 0 Å². The van der Waals surface area contributed by atoms with Gasteiger partial charge in [0.1, 0.15) is 5.65 Å². The maximum absolute atomic E-state index is 6.61. The molecule has 0 fully saturated rings. The van der Waals surface area contributed by atoms with E-state index in [9.17, 15) is 0 Å². The quantitative estimate of drug-likeness (QED) is 0.485. The van der Waals surface area contributed by atoms with E-state index in [1.165, 1.54) is 5.56 Å². The number of benzene rings is 2. The largest absolute Gasteiger partial charge is 0.339 e. The van der Waals surface area contributed by atoms with E-state index in [0.717, 1.165) is 37.9 Å². The molecule has 2 aromatic heterocycles. The molecule has 0 aliphatic rings. The monoisotopic (exact) mass is 266 g/mol. The second-order valence-corrected chi connectivity index (χ2v) is 5.22. The summed E-state index contributed by atoms with van der Waals surface area (Å²) >= 11 is 6.61. The standard InChI is InChI=1S/C16H11ClN2/c1-9-6-7-13-11(8-9)15(17)14-10-4-2-3-5-12(10)18-16(14)19-13/h2-8H,1H3,(H,18,19). The van der Waals surface area contributed by atoms with Crippen LogP contribution in [0.2, 0.25) is 5.02 Å². The van der Waals surface area contributed by atoms with Crippen molar-refractivity contribution in [2.45, 2.75) is 6.92 Å². The lowest BCUT2D eigenvalue weighted by molar-refractivity contribution is 1.39. The third kappa shape index (κ3) is 1.47. The van der Waals surface area contributed by atoms with Crippen LogP contribution in [-0.4, -0.2) is 9.97 Å². The fourth-order valence-electron chi connectivity index (χ4n) is 2.61. The molecule has 1 N–H and O–H groups in total. The summed E-state index contributed by atoms with van der Waals surface area (Å²) in [7, 11) is 0. The molecule has 92 valence electrons. The number of hydrogen-bond donors (Lipinski definition) is 1. The lowest BCUT2D eigenvalue weighted by Crippen LogP contribution is -1.84. The molecule has 0 aliphatic carbocycles. The number of aromatic nitrogens is 2. The van der Waals surface area contributed by atoms with E-state index in [0.29, 0.717) is 0 Å². The summed E-state index contributed by atoms with van der Waals surface area (Å²) in [6, 6.07) is 14.3. The molecule has 0 unspecified atom stereocenters. The van der Waals surface area contributed by atoms with Crippen LogP contribution in [0.1, 0.15) is 5.56 Å². The van der Waals surface area contributed by atoms with Crippen LogP contribution in [0.15, 0.2) is 42.5 Å². The zero-order valence-corrected chi connectivity index (χ0v) is 11.1. The summed E-state index contributed by atoms with van der Waals surface area (Å²) in [5, 5.41) is 3.92. The molecule has 4 rings (SSSR count). The molecule has 0 aliphatic heterocycles. The van der Waals surface area contributed by atoms with Gasteiger partial charge in [-0.2, -0.15) is 0 Å². The average Bonchev–Trinajstić information content (AvgIpc) is 2.78. The van der Waals surface area contributed by atoms with Gasteiger partial charge in [-0.3, -0.25) is 0 Å².